The van der Waals surface area contributed by atoms with E-state index in [0.29, 0.717) is 13.1 Å². The Morgan fingerprint density at radius 1 is 1.00 bits per heavy atom. The number of nitrogens with zero attached hydrogens (tertiary/aromatic N) is 2. The molecule has 0 amide bonds. The number of sulfonamides is 1. The van der Waals surface area contributed by atoms with E-state index in [-0.39, 0.29) is 0 Å². The molecule has 1 aliphatic carbocycles. The summed E-state index contributed by atoms with van der Waals surface area (Å²) in [5, 5.41) is 0. The highest BCUT2D eigenvalue weighted by atomic mass is 32.2. The zero-order valence-electron chi connectivity index (χ0n) is 11.5. The molecule has 0 bridgehead atoms. The average Bonchev–Trinajstić information content (AvgIpc) is 2.27. The molecule has 17 heavy (non-hydrogen) atoms. The standard InChI is InChI=1S/C10H20N2O2S.C2H6/c1-9-7-10(8-9)11-3-5-12(6-4-11)15(2,13)14;1-2/h9-10H,3-8H2,1-2H3;1-2H3. The van der Waals surface area contributed by atoms with Crippen LogP contribution in [0.1, 0.15) is 33.6 Å². The lowest BCUT2D eigenvalue weighted by atomic mass is 9.80. The van der Waals surface area contributed by atoms with Crippen molar-refractivity contribution in [2.24, 2.45) is 5.92 Å². The molecule has 5 heteroatoms. The molecule has 1 aliphatic heterocycles. The van der Waals surface area contributed by atoms with E-state index in [2.05, 4.69) is 11.8 Å². The summed E-state index contributed by atoms with van der Waals surface area (Å²) in [5.41, 5.74) is 0. The quantitative estimate of drug-likeness (QED) is 0.755. The SMILES string of the molecule is CC.CC1CC(N2CCN(S(C)(=O)=O)CC2)C1. The summed E-state index contributed by atoms with van der Waals surface area (Å²) < 4.78 is 24.2. The Kier molecular flexibility index (Phi) is 5.41. The van der Waals surface area contributed by atoms with E-state index >= 15 is 0 Å². The smallest absolute Gasteiger partial charge is 0.211 e. The number of piperazine rings is 1. The van der Waals surface area contributed by atoms with Gasteiger partial charge in [0.05, 0.1) is 6.26 Å². The normalized spacial score (nSPS) is 31.3. The van der Waals surface area contributed by atoms with Crippen LogP contribution >= 0.6 is 0 Å². The van der Waals surface area contributed by atoms with Crippen LogP contribution < -0.4 is 0 Å². The van der Waals surface area contributed by atoms with Crippen molar-refractivity contribution in [3.63, 3.8) is 0 Å². The second kappa shape index (κ2) is 6.16. The van der Waals surface area contributed by atoms with E-state index in [4.69, 9.17) is 0 Å². The number of rotatable bonds is 2. The highest BCUT2D eigenvalue weighted by Gasteiger charge is 2.33. The Balaban J connectivity index is 0.000000686. The molecule has 1 heterocycles. The van der Waals surface area contributed by atoms with Crippen molar-refractivity contribution in [3.05, 3.63) is 0 Å². The zero-order chi connectivity index (χ0) is 13.1. The maximum absolute atomic E-state index is 11.3. The minimum absolute atomic E-state index is 0.670. The molecule has 0 aromatic rings. The summed E-state index contributed by atoms with van der Waals surface area (Å²) in [6.07, 6.45) is 3.88. The van der Waals surface area contributed by atoms with Crippen LogP contribution in [0.3, 0.4) is 0 Å². The van der Waals surface area contributed by atoms with Gasteiger partial charge in [0.1, 0.15) is 0 Å². The zero-order valence-corrected chi connectivity index (χ0v) is 12.3. The maximum Gasteiger partial charge on any atom is 0.211 e. The van der Waals surface area contributed by atoms with Crippen molar-refractivity contribution in [3.8, 4) is 0 Å². The minimum atomic E-state index is -2.97. The summed E-state index contributed by atoms with van der Waals surface area (Å²) in [5.74, 6) is 0.864. The first-order valence-corrected chi connectivity index (χ1v) is 8.51. The Morgan fingerprint density at radius 3 is 1.82 bits per heavy atom. The van der Waals surface area contributed by atoms with Crippen LogP contribution in [0.25, 0.3) is 0 Å². The van der Waals surface area contributed by atoms with E-state index in [0.717, 1.165) is 25.0 Å². The van der Waals surface area contributed by atoms with Gasteiger partial charge in [0.25, 0.3) is 0 Å². The van der Waals surface area contributed by atoms with Gasteiger partial charge < -0.3 is 0 Å². The predicted octanol–water partition coefficient (Wildman–Crippen LogP) is 1.39. The fourth-order valence-corrected chi connectivity index (χ4v) is 3.38. The van der Waals surface area contributed by atoms with Crippen LogP contribution in [0.4, 0.5) is 0 Å². The molecule has 0 aromatic carbocycles. The second-order valence-corrected chi connectivity index (χ2v) is 6.91. The molecule has 0 unspecified atom stereocenters. The van der Waals surface area contributed by atoms with Crippen molar-refractivity contribution < 1.29 is 8.42 Å². The molecule has 1 saturated carbocycles. The van der Waals surface area contributed by atoms with Gasteiger partial charge in [-0.1, -0.05) is 20.8 Å². The summed E-state index contributed by atoms with van der Waals surface area (Å²) >= 11 is 0. The fraction of sp³-hybridized carbons (Fsp3) is 1.00. The topological polar surface area (TPSA) is 40.6 Å². The van der Waals surface area contributed by atoms with Gasteiger partial charge in [0, 0.05) is 32.2 Å². The highest BCUT2D eigenvalue weighted by Crippen LogP contribution is 2.31. The highest BCUT2D eigenvalue weighted by molar-refractivity contribution is 7.88. The van der Waals surface area contributed by atoms with E-state index in [1.807, 2.05) is 13.8 Å². The van der Waals surface area contributed by atoms with Crippen molar-refractivity contribution in [2.75, 3.05) is 32.4 Å². The molecule has 0 aromatic heterocycles. The second-order valence-electron chi connectivity index (χ2n) is 4.93. The molecule has 1 saturated heterocycles. The monoisotopic (exact) mass is 262 g/mol. The molecular weight excluding hydrogens is 236 g/mol. The molecule has 0 atom stereocenters. The summed E-state index contributed by atoms with van der Waals surface area (Å²) in [6, 6.07) is 0.724. The molecule has 0 N–H and O–H groups in total. The third kappa shape index (κ3) is 3.93. The molecule has 102 valence electrons. The van der Waals surface area contributed by atoms with Gasteiger partial charge in [-0.2, -0.15) is 4.31 Å². The van der Waals surface area contributed by atoms with E-state index in [1.54, 1.807) is 4.31 Å². The largest absolute Gasteiger partial charge is 0.298 e. The van der Waals surface area contributed by atoms with Crippen molar-refractivity contribution in [2.45, 2.75) is 39.7 Å². The van der Waals surface area contributed by atoms with Crippen LogP contribution in [0.5, 0.6) is 0 Å². The third-order valence-corrected chi connectivity index (χ3v) is 4.91. The van der Waals surface area contributed by atoms with E-state index in [1.165, 1.54) is 19.1 Å². The first kappa shape index (κ1) is 14.9. The van der Waals surface area contributed by atoms with Crippen LogP contribution in [-0.2, 0) is 10.0 Å². The van der Waals surface area contributed by atoms with Gasteiger partial charge in [-0.05, 0) is 18.8 Å². The molecule has 2 fully saturated rings. The lowest BCUT2D eigenvalue weighted by molar-refractivity contribution is 0.0583. The van der Waals surface area contributed by atoms with Gasteiger partial charge in [-0.25, -0.2) is 8.42 Å². The molecule has 2 aliphatic rings. The third-order valence-electron chi connectivity index (χ3n) is 3.61. The minimum Gasteiger partial charge on any atom is -0.298 e. The molecular formula is C12H26N2O2S. The van der Waals surface area contributed by atoms with Gasteiger partial charge in [0.15, 0.2) is 0 Å². The van der Waals surface area contributed by atoms with Crippen LogP contribution in [0, 0.1) is 5.92 Å². The van der Waals surface area contributed by atoms with E-state index in [9.17, 15) is 8.42 Å². The first-order chi connectivity index (χ1) is 7.97. The molecule has 0 radical (unpaired) electrons. The molecule has 2 rings (SSSR count). The van der Waals surface area contributed by atoms with Crippen LogP contribution in [0.2, 0.25) is 0 Å². The Morgan fingerprint density at radius 2 is 1.47 bits per heavy atom. The van der Waals surface area contributed by atoms with E-state index < -0.39 is 10.0 Å². The summed E-state index contributed by atoms with van der Waals surface area (Å²) in [6.45, 7) is 9.44. The van der Waals surface area contributed by atoms with Crippen molar-refractivity contribution in [1.29, 1.82) is 0 Å². The number of hydrogen-bond donors (Lipinski definition) is 0. The summed E-state index contributed by atoms with van der Waals surface area (Å²) in [4.78, 5) is 2.45. The predicted molar refractivity (Wildman–Crippen MR) is 71.5 cm³/mol. The lowest BCUT2D eigenvalue weighted by Crippen LogP contribution is -2.54. The van der Waals surface area contributed by atoms with Gasteiger partial charge in [-0.3, -0.25) is 4.90 Å². The Bertz CT molecular complexity index is 315. The van der Waals surface area contributed by atoms with Gasteiger partial charge in [0.2, 0.25) is 10.0 Å². The van der Waals surface area contributed by atoms with Crippen molar-refractivity contribution >= 4 is 10.0 Å². The van der Waals surface area contributed by atoms with Crippen molar-refractivity contribution in [1.82, 2.24) is 9.21 Å². The van der Waals surface area contributed by atoms with Crippen LogP contribution in [-0.4, -0.2) is 56.1 Å². The lowest BCUT2D eigenvalue weighted by Gasteiger charge is -2.45. The maximum atomic E-state index is 11.3. The first-order valence-electron chi connectivity index (χ1n) is 6.66. The Hall–Kier alpha value is -0.130. The fourth-order valence-electron chi connectivity index (χ4n) is 2.56. The van der Waals surface area contributed by atoms with Gasteiger partial charge in [-0.15, -0.1) is 0 Å². The molecule has 0 spiro atoms. The van der Waals surface area contributed by atoms with Crippen LogP contribution in [0.15, 0.2) is 0 Å². The van der Waals surface area contributed by atoms with Gasteiger partial charge >= 0.3 is 0 Å². The Labute approximate surface area is 106 Å². The molecule has 4 nitrogen and oxygen atoms in total. The average molecular weight is 262 g/mol. The summed E-state index contributed by atoms with van der Waals surface area (Å²) in [7, 11) is -2.97. The number of hydrogen-bond acceptors (Lipinski definition) is 3.